The van der Waals surface area contributed by atoms with Crippen LogP contribution in [-0.2, 0) is 11.1 Å². The molecule has 2 nitrogen and oxygen atoms in total. The molecule has 0 radical (unpaired) electrons. The van der Waals surface area contributed by atoms with Gasteiger partial charge in [-0.2, -0.15) is 0 Å². The van der Waals surface area contributed by atoms with Crippen LogP contribution in [0.3, 0.4) is 0 Å². The van der Waals surface area contributed by atoms with Crippen LogP contribution in [0.4, 0.5) is 0 Å². The van der Waals surface area contributed by atoms with Crippen molar-refractivity contribution < 1.29 is 38.3 Å². The van der Waals surface area contributed by atoms with Gasteiger partial charge in [0.1, 0.15) is 0 Å². The minimum absolute atomic E-state index is 0. The SMILES string of the molecule is CC(C)C1=CC(C(C)C)(C(C)C)CC=C1S(=O)[O-].[Na+]. The Labute approximate surface area is 142 Å². The molecule has 4 heteroatoms. The van der Waals surface area contributed by atoms with Crippen LogP contribution < -0.4 is 29.6 Å². The fourth-order valence-electron chi connectivity index (χ4n) is 2.89. The van der Waals surface area contributed by atoms with E-state index in [1.807, 2.05) is 6.08 Å². The summed E-state index contributed by atoms with van der Waals surface area (Å²) in [6.07, 6.45) is 4.97. The molecule has 104 valence electrons. The van der Waals surface area contributed by atoms with E-state index in [0.29, 0.717) is 16.7 Å². The normalized spacial score (nSPS) is 20.1. The zero-order valence-electron chi connectivity index (χ0n) is 13.3. The van der Waals surface area contributed by atoms with E-state index in [0.717, 1.165) is 12.0 Å². The first-order chi connectivity index (χ1) is 8.22. The number of hydrogen-bond donors (Lipinski definition) is 0. The van der Waals surface area contributed by atoms with Gasteiger partial charge in [0.2, 0.25) is 0 Å². The summed E-state index contributed by atoms with van der Waals surface area (Å²) in [7, 11) is 0. The second-order valence-corrected chi connectivity index (χ2v) is 7.09. The Morgan fingerprint density at radius 2 is 1.63 bits per heavy atom. The van der Waals surface area contributed by atoms with Crippen LogP contribution in [0.15, 0.2) is 22.6 Å². The monoisotopic (exact) mass is 292 g/mol. The van der Waals surface area contributed by atoms with E-state index >= 15 is 0 Å². The van der Waals surface area contributed by atoms with Gasteiger partial charge in [0.15, 0.2) is 0 Å². The Bertz CT molecular complexity index is 387. The molecule has 0 aromatic rings. The van der Waals surface area contributed by atoms with Crippen molar-refractivity contribution in [3.63, 3.8) is 0 Å². The molecule has 1 unspecified atom stereocenters. The molecule has 0 aromatic carbocycles. The summed E-state index contributed by atoms with van der Waals surface area (Å²) in [6.45, 7) is 13.0. The van der Waals surface area contributed by atoms with Crippen molar-refractivity contribution in [2.75, 3.05) is 0 Å². The van der Waals surface area contributed by atoms with Crippen molar-refractivity contribution in [1.29, 1.82) is 0 Å². The minimum Gasteiger partial charge on any atom is -0.768 e. The zero-order chi connectivity index (χ0) is 14.1. The molecule has 1 atom stereocenters. The summed E-state index contributed by atoms with van der Waals surface area (Å²) in [4.78, 5) is 0.502. The molecular weight excluding hydrogens is 267 g/mol. The van der Waals surface area contributed by atoms with Crippen LogP contribution in [-0.4, -0.2) is 8.76 Å². The molecule has 0 aliphatic heterocycles. The van der Waals surface area contributed by atoms with E-state index < -0.39 is 11.1 Å². The minimum atomic E-state index is -2.12. The van der Waals surface area contributed by atoms with Crippen molar-refractivity contribution in [2.45, 2.75) is 48.0 Å². The quantitative estimate of drug-likeness (QED) is 0.574. The van der Waals surface area contributed by atoms with Gasteiger partial charge in [-0.1, -0.05) is 53.7 Å². The molecule has 0 fully saturated rings. The predicted octanol–water partition coefficient (Wildman–Crippen LogP) is 1.04. The molecule has 0 amide bonds. The smallest absolute Gasteiger partial charge is 0.768 e. The van der Waals surface area contributed by atoms with Crippen molar-refractivity contribution in [3.8, 4) is 0 Å². The average molecular weight is 292 g/mol. The maximum atomic E-state index is 11.3. The van der Waals surface area contributed by atoms with Crippen LogP contribution in [0.5, 0.6) is 0 Å². The van der Waals surface area contributed by atoms with Crippen LogP contribution in [0.2, 0.25) is 0 Å². The van der Waals surface area contributed by atoms with Crippen molar-refractivity contribution in [1.82, 2.24) is 0 Å². The first-order valence-corrected chi connectivity index (χ1v) is 7.82. The van der Waals surface area contributed by atoms with Gasteiger partial charge in [0, 0.05) is 4.91 Å². The van der Waals surface area contributed by atoms with Gasteiger partial charge in [-0.15, -0.1) is 0 Å². The molecular formula is C15H25NaO2S. The predicted molar refractivity (Wildman–Crippen MR) is 76.6 cm³/mol. The summed E-state index contributed by atoms with van der Waals surface area (Å²) < 4.78 is 22.6. The van der Waals surface area contributed by atoms with Gasteiger partial charge in [-0.25, -0.2) is 0 Å². The third kappa shape index (κ3) is 4.04. The molecule has 0 saturated carbocycles. The molecule has 19 heavy (non-hydrogen) atoms. The molecule has 1 aliphatic carbocycles. The summed E-state index contributed by atoms with van der Waals surface area (Å²) in [6, 6.07) is 0. The van der Waals surface area contributed by atoms with E-state index in [9.17, 15) is 8.76 Å². The van der Waals surface area contributed by atoms with Crippen LogP contribution in [0.1, 0.15) is 48.0 Å². The van der Waals surface area contributed by atoms with Gasteiger partial charge in [-0.3, -0.25) is 4.21 Å². The number of allylic oxidation sites excluding steroid dienone is 3. The van der Waals surface area contributed by atoms with E-state index in [-0.39, 0.29) is 40.9 Å². The summed E-state index contributed by atoms with van der Waals surface area (Å²) >= 11 is -2.12. The van der Waals surface area contributed by atoms with Crippen molar-refractivity contribution in [2.24, 2.45) is 23.2 Å². The second kappa shape index (κ2) is 7.56. The molecule has 0 spiro atoms. The Kier molecular flexibility index (Phi) is 7.79. The summed E-state index contributed by atoms with van der Waals surface area (Å²) in [5, 5.41) is 0. The van der Waals surface area contributed by atoms with Gasteiger partial charge in [0.05, 0.1) is 0 Å². The topological polar surface area (TPSA) is 40.1 Å². The Hall–Kier alpha value is 0.590. The molecule has 0 N–H and O–H groups in total. The van der Waals surface area contributed by atoms with E-state index in [1.165, 1.54) is 0 Å². The van der Waals surface area contributed by atoms with Gasteiger partial charge >= 0.3 is 29.6 Å². The van der Waals surface area contributed by atoms with Crippen LogP contribution >= 0.6 is 0 Å². The van der Waals surface area contributed by atoms with E-state index in [4.69, 9.17) is 0 Å². The first-order valence-electron chi connectivity index (χ1n) is 6.75. The van der Waals surface area contributed by atoms with Crippen LogP contribution in [0, 0.1) is 23.2 Å². The molecule has 0 bridgehead atoms. The fraction of sp³-hybridized carbons (Fsp3) is 0.733. The maximum Gasteiger partial charge on any atom is 1.00 e. The van der Waals surface area contributed by atoms with Crippen LogP contribution in [0.25, 0.3) is 0 Å². The maximum absolute atomic E-state index is 11.3. The van der Waals surface area contributed by atoms with E-state index in [1.54, 1.807) is 0 Å². The molecule has 0 heterocycles. The standard InChI is InChI=1S/C15H26O2S.Na/c1-10(2)13-9-15(11(3)4,12(5)6)8-7-14(13)18(16)17;/h7,9-12H,8H2,1-6H3,(H,16,17);/q;+1/p-1. The average Bonchev–Trinajstić information content (AvgIpc) is 2.27. The Morgan fingerprint density at radius 3 is 1.95 bits per heavy atom. The van der Waals surface area contributed by atoms with Gasteiger partial charge < -0.3 is 4.55 Å². The number of rotatable bonds is 4. The molecule has 1 aliphatic rings. The third-order valence-electron chi connectivity index (χ3n) is 4.30. The molecule has 0 saturated heterocycles. The van der Waals surface area contributed by atoms with Crippen molar-refractivity contribution >= 4 is 11.1 Å². The summed E-state index contributed by atoms with van der Waals surface area (Å²) in [5.74, 6) is 1.25. The first kappa shape index (κ1) is 19.6. The second-order valence-electron chi connectivity index (χ2n) is 6.18. The zero-order valence-corrected chi connectivity index (χ0v) is 16.1. The van der Waals surface area contributed by atoms with Gasteiger partial charge in [-0.05, 0) is 46.2 Å². The third-order valence-corrected chi connectivity index (χ3v) is 5.06. The summed E-state index contributed by atoms with van der Waals surface area (Å²) in [5.41, 5.74) is 1.07. The van der Waals surface area contributed by atoms with Gasteiger partial charge in [0.25, 0.3) is 0 Å². The Morgan fingerprint density at radius 1 is 1.16 bits per heavy atom. The molecule has 1 rings (SSSR count). The Balaban J connectivity index is 0.00000324. The largest absolute Gasteiger partial charge is 1.00 e. The fourth-order valence-corrected chi connectivity index (χ4v) is 3.60. The number of hydrogen-bond acceptors (Lipinski definition) is 2. The van der Waals surface area contributed by atoms with Crippen molar-refractivity contribution in [3.05, 3.63) is 22.6 Å². The van der Waals surface area contributed by atoms with E-state index in [2.05, 4.69) is 47.6 Å². The molecule has 0 aromatic heterocycles.